The maximum absolute atomic E-state index is 12.0. The van der Waals surface area contributed by atoms with Crippen LogP contribution in [0.15, 0.2) is 72.8 Å². The number of allylic oxidation sites excluding steroid dienone is 2. The summed E-state index contributed by atoms with van der Waals surface area (Å²) in [6.07, 6.45) is 9.73. The second-order valence-electron chi connectivity index (χ2n) is 9.72. The van der Waals surface area contributed by atoms with Crippen LogP contribution in [0.5, 0.6) is 0 Å². The molecule has 38 heavy (non-hydrogen) atoms. The third-order valence-electron chi connectivity index (χ3n) is 6.49. The van der Waals surface area contributed by atoms with E-state index in [0.29, 0.717) is 6.42 Å². The van der Waals surface area contributed by atoms with Crippen molar-refractivity contribution in [2.45, 2.75) is 52.4 Å². The highest BCUT2D eigenvalue weighted by Crippen LogP contribution is 2.16. The lowest BCUT2D eigenvalue weighted by atomic mass is 9.98. The van der Waals surface area contributed by atoms with Gasteiger partial charge in [-0.25, -0.2) is 4.79 Å². The van der Waals surface area contributed by atoms with Gasteiger partial charge in [-0.05, 0) is 74.6 Å². The van der Waals surface area contributed by atoms with Crippen LogP contribution in [-0.4, -0.2) is 48.6 Å². The van der Waals surface area contributed by atoms with Crippen LogP contribution in [0, 0.1) is 11.8 Å². The van der Waals surface area contributed by atoms with Gasteiger partial charge in [-0.3, -0.25) is 4.79 Å². The second-order valence-corrected chi connectivity index (χ2v) is 9.72. The first kappa shape index (κ1) is 31.0. The van der Waals surface area contributed by atoms with Gasteiger partial charge >= 0.3 is 11.9 Å². The van der Waals surface area contributed by atoms with Crippen LogP contribution in [0.2, 0.25) is 0 Å². The zero-order valence-electron chi connectivity index (χ0n) is 22.7. The van der Waals surface area contributed by atoms with Gasteiger partial charge in [0.05, 0.1) is 37.9 Å². The quantitative estimate of drug-likeness (QED) is 0.176. The van der Waals surface area contributed by atoms with Crippen LogP contribution in [0.3, 0.4) is 0 Å². The molecule has 0 amide bonds. The van der Waals surface area contributed by atoms with E-state index >= 15 is 0 Å². The van der Waals surface area contributed by atoms with Gasteiger partial charge in [0, 0.05) is 5.92 Å². The molecule has 0 saturated heterocycles. The molecule has 0 aliphatic carbocycles. The van der Waals surface area contributed by atoms with Crippen molar-refractivity contribution in [3.8, 4) is 0 Å². The summed E-state index contributed by atoms with van der Waals surface area (Å²) in [5.41, 5.74) is 5.08. The van der Waals surface area contributed by atoms with E-state index in [1.165, 1.54) is 16.7 Å². The Kier molecular flexibility index (Phi) is 14.1. The van der Waals surface area contributed by atoms with E-state index < -0.39 is 24.5 Å². The van der Waals surface area contributed by atoms with Crippen molar-refractivity contribution in [1.82, 2.24) is 0 Å². The molecule has 2 rings (SSSR count). The molecule has 6 heteroatoms. The van der Waals surface area contributed by atoms with Crippen LogP contribution >= 0.6 is 0 Å². The summed E-state index contributed by atoms with van der Waals surface area (Å²) in [4.78, 5) is 23.9. The van der Waals surface area contributed by atoms with Crippen LogP contribution in [0.4, 0.5) is 0 Å². The van der Waals surface area contributed by atoms with E-state index in [1.54, 1.807) is 6.92 Å². The molecule has 0 heterocycles. The van der Waals surface area contributed by atoms with Gasteiger partial charge in [-0.2, -0.15) is 0 Å². The molecule has 0 aromatic heterocycles. The lowest BCUT2D eigenvalue weighted by Gasteiger charge is -2.18. The summed E-state index contributed by atoms with van der Waals surface area (Å²) >= 11 is 0. The summed E-state index contributed by atoms with van der Waals surface area (Å²) in [6.45, 7) is 6.47. The molecule has 0 fully saturated rings. The number of esters is 2. The topological polar surface area (TPSA) is 93.1 Å². The maximum Gasteiger partial charge on any atom is 0.335 e. The van der Waals surface area contributed by atoms with Crippen molar-refractivity contribution >= 4 is 11.9 Å². The number of carbonyl (C=O) groups excluding carboxylic acids is 2. The zero-order valence-corrected chi connectivity index (χ0v) is 22.7. The van der Waals surface area contributed by atoms with E-state index in [9.17, 15) is 9.59 Å². The van der Waals surface area contributed by atoms with Gasteiger partial charge in [0.2, 0.25) is 0 Å². The van der Waals surface area contributed by atoms with E-state index in [4.69, 9.17) is 19.7 Å². The summed E-state index contributed by atoms with van der Waals surface area (Å²) in [5.74, 6) is -1.99. The molecule has 0 aliphatic heterocycles. The monoisotopic (exact) mass is 522 g/mol. The highest BCUT2D eigenvalue weighted by atomic mass is 16.5. The first-order valence-electron chi connectivity index (χ1n) is 13.4. The number of hydrogen-bond donors (Lipinski definition) is 2. The summed E-state index contributed by atoms with van der Waals surface area (Å²) in [6, 6.07) is 17.4. The molecular formula is C32H42O6. The molecule has 2 aromatic rings. The lowest BCUT2D eigenvalue weighted by Crippen LogP contribution is -2.25. The van der Waals surface area contributed by atoms with E-state index in [0.717, 1.165) is 37.7 Å². The fourth-order valence-corrected chi connectivity index (χ4v) is 3.81. The van der Waals surface area contributed by atoms with Crippen LogP contribution in [0.1, 0.15) is 48.9 Å². The lowest BCUT2D eigenvalue weighted by molar-refractivity contribution is -0.152. The van der Waals surface area contributed by atoms with Crippen molar-refractivity contribution in [3.05, 3.63) is 95.1 Å². The molecule has 0 bridgehead atoms. The number of aliphatic hydroxyl groups excluding tert-OH is 2. The van der Waals surface area contributed by atoms with Crippen LogP contribution in [0.25, 0.3) is 0 Å². The number of benzene rings is 2. The second kappa shape index (κ2) is 17.3. The van der Waals surface area contributed by atoms with Crippen molar-refractivity contribution < 1.29 is 29.3 Å². The number of ether oxygens (including phenoxy) is 2. The Hall–Kier alpha value is -3.22. The molecule has 0 saturated carbocycles. The average molecular weight is 523 g/mol. The standard InChI is InChI=1S/C32H42O6/c1-4-5-6-7-26-8-10-27(11-9-26)12-13-28-14-16-29(17-15-28)18-19-30(22-37-31(35)24(2)20-33)23-38-32(36)25(3)21-34/h4-5,8-11,14-17,25,30,33-34H,2,6-7,12-13,18-23H2,1,3H3/b5-4+. The minimum Gasteiger partial charge on any atom is -0.465 e. The number of aryl methyl sites for hydroxylation is 4. The smallest absolute Gasteiger partial charge is 0.335 e. The predicted octanol–water partition coefficient (Wildman–Crippen LogP) is 4.79. The molecule has 6 nitrogen and oxygen atoms in total. The molecule has 0 spiro atoms. The van der Waals surface area contributed by atoms with Crippen molar-refractivity contribution in [3.63, 3.8) is 0 Å². The molecule has 206 valence electrons. The van der Waals surface area contributed by atoms with Crippen LogP contribution in [-0.2, 0) is 44.7 Å². The predicted molar refractivity (Wildman–Crippen MR) is 150 cm³/mol. The third kappa shape index (κ3) is 11.4. The van der Waals surface area contributed by atoms with Crippen molar-refractivity contribution in [1.29, 1.82) is 0 Å². The minimum absolute atomic E-state index is 0.0226. The fraction of sp³-hybridized carbons (Fsp3) is 0.438. The fourth-order valence-electron chi connectivity index (χ4n) is 3.81. The largest absolute Gasteiger partial charge is 0.465 e. The van der Waals surface area contributed by atoms with Crippen molar-refractivity contribution in [2.75, 3.05) is 26.4 Å². The first-order valence-corrected chi connectivity index (χ1v) is 13.4. The first-order chi connectivity index (χ1) is 18.4. The zero-order chi connectivity index (χ0) is 27.8. The number of carbonyl (C=O) groups is 2. The Morgan fingerprint density at radius 2 is 1.34 bits per heavy atom. The molecular weight excluding hydrogens is 480 g/mol. The highest BCUT2D eigenvalue weighted by molar-refractivity contribution is 5.87. The van der Waals surface area contributed by atoms with Gasteiger partial charge in [-0.1, -0.05) is 67.3 Å². The molecule has 2 atom stereocenters. The molecule has 0 radical (unpaired) electrons. The Morgan fingerprint density at radius 3 is 1.84 bits per heavy atom. The van der Waals surface area contributed by atoms with E-state index in [-0.39, 0.29) is 31.3 Å². The molecule has 0 aliphatic rings. The summed E-state index contributed by atoms with van der Waals surface area (Å²) in [5, 5.41) is 18.2. The summed E-state index contributed by atoms with van der Waals surface area (Å²) in [7, 11) is 0. The molecule has 2 aromatic carbocycles. The Morgan fingerprint density at radius 1 is 0.842 bits per heavy atom. The van der Waals surface area contributed by atoms with Crippen molar-refractivity contribution in [2.24, 2.45) is 11.8 Å². The SMILES string of the molecule is C=C(CO)C(=O)OCC(CCc1ccc(CCc2ccc(CC/C=C/C)cc2)cc1)COC(=O)C(C)CO. The summed E-state index contributed by atoms with van der Waals surface area (Å²) < 4.78 is 10.6. The third-order valence-corrected chi connectivity index (χ3v) is 6.49. The van der Waals surface area contributed by atoms with Gasteiger partial charge in [-0.15, -0.1) is 0 Å². The number of hydrogen-bond acceptors (Lipinski definition) is 6. The maximum atomic E-state index is 12.0. The number of aliphatic hydroxyl groups is 2. The Labute approximate surface area is 227 Å². The normalized spacial score (nSPS) is 12.7. The van der Waals surface area contributed by atoms with Gasteiger partial charge in [0.25, 0.3) is 0 Å². The van der Waals surface area contributed by atoms with E-state index in [1.807, 2.05) is 6.92 Å². The number of rotatable bonds is 17. The highest BCUT2D eigenvalue weighted by Gasteiger charge is 2.19. The molecule has 2 unspecified atom stereocenters. The minimum atomic E-state index is -0.666. The Bertz CT molecular complexity index is 1020. The van der Waals surface area contributed by atoms with Crippen LogP contribution < -0.4 is 0 Å². The Balaban J connectivity index is 1.86. The van der Waals surface area contributed by atoms with Gasteiger partial charge < -0.3 is 19.7 Å². The van der Waals surface area contributed by atoms with Gasteiger partial charge in [0.1, 0.15) is 0 Å². The van der Waals surface area contributed by atoms with E-state index in [2.05, 4.69) is 67.3 Å². The molecule has 2 N–H and O–H groups in total. The average Bonchev–Trinajstić information content (AvgIpc) is 2.95. The van der Waals surface area contributed by atoms with Gasteiger partial charge in [0.15, 0.2) is 0 Å².